The van der Waals surface area contributed by atoms with Crippen LogP contribution in [0.1, 0.15) is 12.8 Å². The van der Waals surface area contributed by atoms with Crippen LogP contribution < -0.4 is 5.73 Å². The molecule has 1 saturated heterocycles. The maximum atomic E-state index is 10.6. The highest BCUT2D eigenvalue weighted by Gasteiger charge is 2.18. The standard InChI is InChI=1S/C6H11ClN2O/c7-6(10)9-3-1-5(8)2-4-9/h5H,1-4,8H2. The van der Waals surface area contributed by atoms with E-state index in [1.54, 1.807) is 4.90 Å². The molecule has 0 atom stereocenters. The van der Waals surface area contributed by atoms with Gasteiger partial charge in [-0.05, 0) is 24.4 Å². The van der Waals surface area contributed by atoms with Crippen molar-refractivity contribution in [3.8, 4) is 0 Å². The molecule has 0 saturated carbocycles. The lowest BCUT2D eigenvalue weighted by Crippen LogP contribution is -2.40. The van der Waals surface area contributed by atoms with Gasteiger partial charge in [-0.2, -0.15) is 0 Å². The molecular weight excluding hydrogens is 152 g/mol. The predicted molar refractivity (Wildman–Crippen MR) is 40.0 cm³/mol. The second kappa shape index (κ2) is 3.21. The smallest absolute Gasteiger partial charge is 0.316 e. The van der Waals surface area contributed by atoms with Crippen LogP contribution in [-0.2, 0) is 0 Å². The Kier molecular flexibility index (Phi) is 2.51. The summed E-state index contributed by atoms with van der Waals surface area (Å²) in [5, 5.41) is -0.355. The van der Waals surface area contributed by atoms with E-state index in [-0.39, 0.29) is 11.4 Å². The average Bonchev–Trinajstić information content (AvgIpc) is 1.88. The zero-order chi connectivity index (χ0) is 7.56. The quantitative estimate of drug-likeness (QED) is 0.423. The van der Waals surface area contributed by atoms with Crippen LogP contribution in [0.4, 0.5) is 4.79 Å². The predicted octanol–water partition coefficient (Wildman–Crippen LogP) is 0.768. The number of nitrogens with zero attached hydrogens (tertiary/aromatic N) is 1. The van der Waals surface area contributed by atoms with Gasteiger partial charge in [0.25, 0.3) is 0 Å². The fraction of sp³-hybridized carbons (Fsp3) is 0.833. The van der Waals surface area contributed by atoms with Crippen LogP contribution in [-0.4, -0.2) is 29.4 Å². The van der Waals surface area contributed by atoms with Crippen molar-refractivity contribution in [2.45, 2.75) is 18.9 Å². The Morgan fingerprint density at radius 1 is 1.50 bits per heavy atom. The normalized spacial score (nSPS) is 21.2. The molecule has 0 bridgehead atoms. The molecule has 1 aliphatic rings. The summed E-state index contributed by atoms with van der Waals surface area (Å²) in [5.41, 5.74) is 5.62. The average molecular weight is 163 g/mol. The fourth-order valence-electron chi connectivity index (χ4n) is 1.08. The number of likely N-dealkylation sites (tertiary alicyclic amines) is 1. The Morgan fingerprint density at radius 3 is 2.40 bits per heavy atom. The lowest BCUT2D eigenvalue weighted by molar-refractivity contribution is 0.205. The van der Waals surface area contributed by atoms with Gasteiger partial charge in [-0.15, -0.1) is 0 Å². The van der Waals surface area contributed by atoms with Gasteiger partial charge in [0.15, 0.2) is 0 Å². The van der Waals surface area contributed by atoms with E-state index >= 15 is 0 Å². The molecule has 0 aromatic rings. The molecule has 58 valence electrons. The van der Waals surface area contributed by atoms with E-state index in [2.05, 4.69) is 0 Å². The Balaban J connectivity index is 2.33. The summed E-state index contributed by atoms with van der Waals surface area (Å²) in [7, 11) is 0. The van der Waals surface area contributed by atoms with Gasteiger partial charge in [-0.25, -0.2) is 0 Å². The van der Waals surface area contributed by atoms with E-state index in [9.17, 15) is 4.79 Å². The van der Waals surface area contributed by atoms with Crippen LogP contribution in [0.25, 0.3) is 0 Å². The molecule has 0 aromatic heterocycles. The molecule has 2 N–H and O–H groups in total. The molecule has 10 heavy (non-hydrogen) atoms. The minimum absolute atomic E-state index is 0.257. The van der Waals surface area contributed by atoms with Gasteiger partial charge in [-0.1, -0.05) is 0 Å². The first-order valence-corrected chi connectivity index (χ1v) is 3.78. The van der Waals surface area contributed by atoms with Crippen LogP contribution in [0.5, 0.6) is 0 Å². The molecule has 1 rings (SSSR count). The molecule has 1 fully saturated rings. The van der Waals surface area contributed by atoms with Crippen LogP contribution in [0.2, 0.25) is 0 Å². The topological polar surface area (TPSA) is 46.3 Å². The third-order valence-electron chi connectivity index (χ3n) is 1.79. The largest absolute Gasteiger partial charge is 0.329 e. The van der Waals surface area contributed by atoms with Crippen LogP contribution in [0.15, 0.2) is 0 Å². The summed E-state index contributed by atoms with van der Waals surface area (Å²) < 4.78 is 0. The summed E-state index contributed by atoms with van der Waals surface area (Å²) in [4.78, 5) is 12.2. The molecule has 0 unspecified atom stereocenters. The zero-order valence-electron chi connectivity index (χ0n) is 5.72. The monoisotopic (exact) mass is 162 g/mol. The van der Waals surface area contributed by atoms with E-state index < -0.39 is 0 Å². The zero-order valence-corrected chi connectivity index (χ0v) is 6.47. The minimum Gasteiger partial charge on any atom is -0.329 e. The molecule has 0 aliphatic carbocycles. The van der Waals surface area contributed by atoms with E-state index in [1.807, 2.05) is 0 Å². The summed E-state index contributed by atoms with van der Waals surface area (Å²) in [5.74, 6) is 0. The summed E-state index contributed by atoms with van der Waals surface area (Å²) >= 11 is 5.25. The molecule has 0 aromatic carbocycles. The van der Waals surface area contributed by atoms with Gasteiger partial charge in [-0.3, -0.25) is 4.79 Å². The minimum atomic E-state index is -0.355. The van der Waals surface area contributed by atoms with Gasteiger partial charge in [0, 0.05) is 19.1 Å². The van der Waals surface area contributed by atoms with Gasteiger partial charge < -0.3 is 10.6 Å². The molecule has 1 amide bonds. The van der Waals surface area contributed by atoms with Crippen molar-refractivity contribution in [2.24, 2.45) is 5.73 Å². The van der Waals surface area contributed by atoms with Crippen molar-refractivity contribution in [2.75, 3.05) is 13.1 Å². The Morgan fingerprint density at radius 2 is 2.00 bits per heavy atom. The number of rotatable bonds is 0. The number of nitrogens with two attached hydrogens (primary N) is 1. The van der Waals surface area contributed by atoms with Crippen molar-refractivity contribution in [3.63, 3.8) is 0 Å². The highest BCUT2D eigenvalue weighted by atomic mass is 35.5. The second-order valence-corrected chi connectivity index (χ2v) is 2.90. The first kappa shape index (κ1) is 7.82. The number of amides is 1. The van der Waals surface area contributed by atoms with Gasteiger partial charge >= 0.3 is 5.37 Å². The molecule has 4 heteroatoms. The first-order valence-electron chi connectivity index (χ1n) is 3.40. The van der Waals surface area contributed by atoms with Crippen molar-refractivity contribution >= 4 is 17.0 Å². The molecule has 1 aliphatic heterocycles. The van der Waals surface area contributed by atoms with Crippen molar-refractivity contribution in [3.05, 3.63) is 0 Å². The van der Waals surface area contributed by atoms with Gasteiger partial charge in [0.2, 0.25) is 0 Å². The van der Waals surface area contributed by atoms with Gasteiger partial charge in [0.1, 0.15) is 0 Å². The van der Waals surface area contributed by atoms with E-state index in [0.29, 0.717) is 13.1 Å². The van der Waals surface area contributed by atoms with E-state index in [1.165, 1.54) is 0 Å². The number of carbonyl (C=O) groups is 1. The molecule has 0 spiro atoms. The lowest BCUT2D eigenvalue weighted by Gasteiger charge is -2.27. The van der Waals surface area contributed by atoms with Crippen LogP contribution >= 0.6 is 11.6 Å². The van der Waals surface area contributed by atoms with E-state index in [0.717, 1.165) is 12.8 Å². The highest BCUT2D eigenvalue weighted by molar-refractivity contribution is 6.62. The molecule has 1 heterocycles. The second-order valence-electron chi connectivity index (χ2n) is 2.58. The van der Waals surface area contributed by atoms with Gasteiger partial charge in [0.05, 0.1) is 0 Å². The Labute approximate surface area is 65.1 Å². The van der Waals surface area contributed by atoms with Crippen molar-refractivity contribution in [1.29, 1.82) is 0 Å². The third kappa shape index (κ3) is 1.85. The van der Waals surface area contributed by atoms with Crippen LogP contribution in [0, 0.1) is 0 Å². The molecule has 0 radical (unpaired) electrons. The summed E-state index contributed by atoms with van der Waals surface area (Å²) in [6.07, 6.45) is 1.75. The third-order valence-corrected chi connectivity index (χ3v) is 2.03. The van der Waals surface area contributed by atoms with Crippen molar-refractivity contribution in [1.82, 2.24) is 4.90 Å². The first-order chi connectivity index (χ1) is 4.70. The number of carbonyl (C=O) groups excluding carboxylic acids is 1. The number of piperidine rings is 1. The number of hydrogen-bond donors (Lipinski definition) is 1. The number of halogens is 1. The van der Waals surface area contributed by atoms with E-state index in [4.69, 9.17) is 17.3 Å². The maximum Gasteiger partial charge on any atom is 0.316 e. The van der Waals surface area contributed by atoms with Crippen LogP contribution in [0.3, 0.4) is 0 Å². The lowest BCUT2D eigenvalue weighted by atomic mass is 10.1. The highest BCUT2D eigenvalue weighted by Crippen LogP contribution is 2.09. The van der Waals surface area contributed by atoms with Crippen molar-refractivity contribution < 1.29 is 4.79 Å². The number of hydrogen-bond acceptors (Lipinski definition) is 2. The maximum absolute atomic E-state index is 10.6. The Bertz CT molecular complexity index is 132. The fourth-order valence-corrected chi connectivity index (χ4v) is 1.24. The SMILES string of the molecule is NC1CCN(C(=O)Cl)CC1. The Hall–Kier alpha value is -0.280. The molecule has 3 nitrogen and oxygen atoms in total. The molecular formula is C6H11ClN2O. The summed E-state index contributed by atoms with van der Waals surface area (Å²) in [6.45, 7) is 1.42. The summed E-state index contributed by atoms with van der Waals surface area (Å²) in [6, 6.07) is 0.257.